The van der Waals surface area contributed by atoms with Crippen LogP contribution in [0.1, 0.15) is 83.4 Å². The topological polar surface area (TPSA) is 117 Å². The van der Waals surface area contributed by atoms with E-state index in [2.05, 4.69) is 11.1 Å². The van der Waals surface area contributed by atoms with Crippen molar-refractivity contribution in [3.63, 3.8) is 0 Å². The lowest BCUT2D eigenvalue weighted by Crippen LogP contribution is -2.45. The number of hydrogen-bond acceptors (Lipinski definition) is 8. The maximum atomic E-state index is 13.2. The van der Waals surface area contributed by atoms with Crippen LogP contribution in [0.2, 0.25) is 0 Å². The summed E-state index contributed by atoms with van der Waals surface area (Å²) in [7, 11) is 0. The highest BCUT2D eigenvalue weighted by molar-refractivity contribution is 7.18. The molecule has 0 saturated carbocycles. The molecule has 7 nitrogen and oxygen atoms in total. The maximum absolute atomic E-state index is 13.2. The number of carbonyl (C=O) groups excluding carboxylic acids is 2. The first-order valence-electron chi connectivity index (χ1n) is 12.7. The molecule has 0 fully saturated rings. The predicted molar refractivity (Wildman–Crippen MR) is 140 cm³/mol. The lowest BCUT2D eigenvalue weighted by molar-refractivity contribution is -0.155. The highest BCUT2D eigenvalue weighted by atomic mass is 32.1. The summed E-state index contributed by atoms with van der Waals surface area (Å²) in [6.07, 6.45) is 2.06. The van der Waals surface area contributed by atoms with Gasteiger partial charge in [-0.15, -0.1) is 11.3 Å². The first kappa shape index (κ1) is 28.4. The number of carbonyl (C=O) groups is 2. The summed E-state index contributed by atoms with van der Waals surface area (Å²) in [4.78, 5) is 30.6. The van der Waals surface area contributed by atoms with Gasteiger partial charge in [-0.1, -0.05) is 45.4 Å². The van der Waals surface area contributed by atoms with Crippen molar-refractivity contribution in [2.75, 3.05) is 0 Å². The first-order chi connectivity index (χ1) is 16.9. The van der Waals surface area contributed by atoms with E-state index >= 15 is 0 Å². The SMILES string of the molecule is CC1=CC[C@@H](c2ccc3sc(CO)nc3c2)OC(=O)CC(O)C(C)(C)C(=O)C(C)[C@@H](O)C(C)CCC1. The van der Waals surface area contributed by atoms with Gasteiger partial charge in [0.15, 0.2) is 0 Å². The quantitative estimate of drug-likeness (QED) is 0.384. The monoisotopic (exact) mass is 517 g/mol. The molecule has 2 heterocycles. The van der Waals surface area contributed by atoms with Gasteiger partial charge in [-0.05, 0) is 49.8 Å². The summed E-state index contributed by atoms with van der Waals surface area (Å²) in [6.45, 7) is 8.78. The molecule has 1 aromatic carbocycles. The summed E-state index contributed by atoms with van der Waals surface area (Å²) in [5, 5.41) is 31.7. The molecule has 3 rings (SSSR count). The highest BCUT2D eigenvalue weighted by Crippen LogP contribution is 2.34. The molecule has 0 saturated heterocycles. The molecule has 0 spiro atoms. The van der Waals surface area contributed by atoms with Crippen molar-refractivity contribution in [1.82, 2.24) is 4.98 Å². The lowest BCUT2D eigenvalue weighted by Gasteiger charge is -2.34. The number of cyclic esters (lactones) is 1. The molecule has 1 aliphatic rings. The van der Waals surface area contributed by atoms with E-state index in [9.17, 15) is 24.9 Å². The third kappa shape index (κ3) is 6.59. The number of thiazole rings is 1. The standard InChI is InChI=1S/C28H39NO6S/c1-16-7-6-8-17(2)26(33)18(3)27(34)28(4,5)23(31)14-25(32)35-21(11-9-16)19-10-12-22-20(13-19)29-24(15-30)36-22/h9-10,12-13,17-18,21,23,26,30-31,33H,6-8,11,14-15H2,1-5H3/t17?,18?,21-,23?,26-/m0/s1. The number of benzene rings is 1. The fraction of sp³-hybridized carbons (Fsp3) is 0.607. The molecule has 5 atom stereocenters. The van der Waals surface area contributed by atoms with E-state index in [-0.39, 0.29) is 24.7 Å². The second-order valence-corrected chi connectivity index (χ2v) is 11.8. The number of Topliss-reactive ketones (excluding diaryl/α,β-unsaturated/α-hetero) is 1. The summed E-state index contributed by atoms with van der Waals surface area (Å²) >= 11 is 1.42. The van der Waals surface area contributed by atoms with Crippen molar-refractivity contribution < 1.29 is 29.6 Å². The zero-order valence-corrected chi connectivity index (χ0v) is 22.7. The van der Waals surface area contributed by atoms with Crippen LogP contribution in [0.15, 0.2) is 29.8 Å². The number of nitrogens with zero attached hydrogens (tertiary/aromatic N) is 1. The minimum absolute atomic E-state index is 0.0658. The Bertz CT molecular complexity index is 1110. The van der Waals surface area contributed by atoms with Gasteiger partial charge in [-0.2, -0.15) is 0 Å². The van der Waals surface area contributed by atoms with Crippen molar-refractivity contribution in [2.45, 2.75) is 91.6 Å². The number of ketones is 1. The van der Waals surface area contributed by atoms with Gasteiger partial charge in [-0.3, -0.25) is 9.59 Å². The van der Waals surface area contributed by atoms with Crippen molar-refractivity contribution in [3.8, 4) is 0 Å². The number of aliphatic hydroxyl groups is 3. The van der Waals surface area contributed by atoms with E-state index in [4.69, 9.17) is 4.74 Å². The second kappa shape index (κ2) is 11.9. The molecule has 0 radical (unpaired) electrons. The van der Waals surface area contributed by atoms with Crippen molar-refractivity contribution in [1.29, 1.82) is 0 Å². The van der Waals surface area contributed by atoms with E-state index in [0.717, 1.165) is 40.6 Å². The average Bonchev–Trinajstić information content (AvgIpc) is 3.26. The number of fused-ring (bicyclic) bond motifs is 1. The number of hydrogen-bond donors (Lipinski definition) is 3. The molecule has 0 amide bonds. The highest BCUT2D eigenvalue weighted by Gasteiger charge is 2.42. The van der Waals surface area contributed by atoms with Crippen molar-refractivity contribution in [3.05, 3.63) is 40.4 Å². The Morgan fingerprint density at radius 3 is 2.61 bits per heavy atom. The third-order valence-corrected chi connectivity index (χ3v) is 8.51. The van der Waals surface area contributed by atoms with Gasteiger partial charge in [0.05, 0.1) is 40.9 Å². The van der Waals surface area contributed by atoms with Gasteiger partial charge in [0.25, 0.3) is 0 Å². The smallest absolute Gasteiger partial charge is 0.309 e. The Hall–Kier alpha value is -2.13. The number of aromatic nitrogens is 1. The number of ether oxygens (including phenoxy) is 1. The maximum Gasteiger partial charge on any atom is 0.309 e. The summed E-state index contributed by atoms with van der Waals surface area (Å²) in [5.41, 5.74) is 1.46. The van der Waals surface area contributed by atoms with Crippen LogP contribution in [0, 0.1) is 17.3 Å². The van der Waals surface area contributed by atoms with Crippen LogP contribution in [0.25, 0.3) is 10.2 Å². The van der Waals surface area contributed by atoms with Crippen molar-refractivity contribution in [2.24, 2.45) is 17.3 Å². The van der Waals surface area contributed by atoms with Gasteiger partial charge in [0, 0.05) is 12.3 Å². The molecular weight excluding hydrogens is 478 g/mol. The Kier molecular flexibility index (Phi) is 9.44. The summed E-state index contributed by atoms with van der Waals surface area (Å²) in [5.74, 6) is -1.59. The fourth-order valence-corrected chi connectivity index (χ4v) is 5.62. The van der Waals surface area contributed by atoms with E-state index < -0.39 is 35.6 Å². The zero-order chi connectivity index (χ0) is 26.6. The molecule has 3 N–H and O–H groups in total. The van der Waals surface area contributed by atoms with Crippen LogP contribution in [-0.4, -0.2) is 44.3 Å². The molecule has 0 bridgehead atoms. The molecular formula is C28H39NO6S. The Labute approximate surface area is 217 Å². The Morgan fingerprint density at radius 1 is 1.19 bits per heavy atom. The van der Waals surface area contributed by atoms with Gasteiger partial charge >= 0.3 is 5.97 Å². The molecule has 198 valence electrons. The normalized spacial score (nSPS) is 29.1. The average molecular weight is 518 g/mol. The van der Waals surface area contributed by atoms with E-state index in [0.29, 0.717) is 11.4 Å². The number of allylic oxidation sites excluding steroid dienone is 1. The molecule has 36 heavy (non-hydrogen) atoms. The molecule has 3 unspecified atom stereocenters. The van der Waals surface area contributed by atoms with Crippen molar-refractivity contribution >= 4 is 33.3 Å². The summed E-state index contributed by atoms with van der Waals surface area (Å²) < 4.78 is 6.79. The zero-order valence-electron chi connectivity index (χ0n) is 21.9. The first-order valence-corrected chi connectivity index (χ1v) is 13.5. The van der Waals surface area contributed by atoms with E-state index in [1.54, 1.807) is 20.8 Å². The Morgan fingerprint density at radius 2 is 1.92 bits per heavy atom. The minimum atomic E-state index is -1.25. The second-order valence-electron chi connectivity index (χ2n) is 10.7. The van der Waals surface area contributed by atoms with Gasteiger partial charge in [0.1, 0.15) is 16.9 Å². The van der Waals surface area contributed by atoms with Crippen LogP contribution < -0.4 is 0 Å². The number of esters is 1. The van der Waals surface area contributed by atoms with Crippen LogP contribution in [0.4, 0.5) is 0 Å². The van der Waals surface area contributed by atoms with E-state index in [1.807, 2.05) is 32.0 Å². The van der Waals surface area contributed by atoms with Crippen LogP contribution in [-0.2, 0) is 20.9 Å². The van der Waals surface area contributed by atoms with Gasteiger partial charge in [0.2, 0.25) is 0 Å². The van der Waals surface area contributed by atoms with Gasteiger partial charge < -0.3 is 20.1 Å². The number of aliphatic hydroxyl groups excluding tert-OH is 3. The van der Waals surface area contributed by atoms with Gasteiger partial charge in [-0.25, -0.2) is 4.98 Å². The Balaban J connectivity index is 1.91. The summed E-state index contributed by atoms with van der Waals surface area (Å²) in [6, 6.07) is 5.68. The van der Waals surface area contributed by atoms with Crippen LogP contribution in [0.3, 0.4) is 0 Å². The van der Waals surface area contributed by atoms with E-state index in [1.165, 1.54) is 11.3 Å². The molecule has 1 aromatic heterocycles. The number of rotatable bonds is 2. The third-order valence-electron chi connectivity index (χ3n) is 7.48. The predicted octanol–water partition coefficient (Wildman–Crippen LogP) is 4.87. The molecule has 0 aliphatic carbocycles. The minimum Gasteiger partial charge on any atom is -0.457 e. The fourth-order valence-electron chi connectivity index (χ4n) is 4.81. The molecule has 8 heteroatoms. The molecule has 1 aliphatic heterocycles. The largest absolute Gasteiger partial charge is 0.457 e. The van der Waals surface area contributed by atoms with Crippen LogP contribution >= 0.6 is 11.3 Å². The van der Waals surface area contributed by atoms with Crippen LogP contribution in [0.5, 0.6) is 0 Å². The lowest BCUT2D eigenvalue weighted by atomic mass is 9.73. The molecule has 2 aromatic rings.